The van der Waals surface area contributed by atoms with Gasteiger partial charge in [-0.05, 0) is 25.0 Å². The van der Waals surface area contributed by atoms with Crippen molar-refractivity contribution < 1.29 is 12.9 Å². The highest BCUT2D eigenvalue weighted by Gasteiger charge is 2.30. The topological polar surface area (TPSA) is 76.3 Å². The largest absolute Gasteiger partial charge is 0.339 e. The fourth-order valence-corrected chi connectivity index (χ4v) is 3.73. The van der Waals surface area contributed by atoms with Gasteiger partial charge in [0.1, 0.15) is 0 Å². The van der Waals surface area contributed by atoms with Gasteiger partial charge in [-0.3, -0.25) is 0 Å². The fourth-order valence-electron chi connectivity index (χ4n) is 2.60. The number of sulfonamides is 1. The van der Waals surface area contributed by atoms with Crippen LogP contribution in [0.3, 0.4) is 0 Å². The second kappa shape index (κ2) is 5.98. The first kappa shape index (κ1) is 15.5. The van der Waals surface area contributed by atoms with E-state index >= 15 is 0 Å². The molecule has 1 aromatic carbocycles. The summed E-state index contributed by atoms with van der Waals surface area (Å²) in [7, 11) is -3.20. The Bertz CT molecular complexity index is 775. The second-order valence-corrected chi connectivity index (χ2v) is 7.79. The van der Waals surface area contributed by atoms with Crippen LogP contribution in [0.5, 0.6) is 0 Å². The third kappa shape index (κ3) is 3.16. The van der Waals surface area contributed by atoms with Gasteiger partial charge in [-0.2, -0.15) is 4.98 Å². The average Bonchev–Trinajstić information content (AvgIpc) is 2.97. The molecule has 2 aromatic rings. The van der Waals surface area contributed by atoms with Crippen molar-refractivity contribution in [1.29, 1.82) is 0 Å². The van der Waals surface area contributed by atoms with Crippen LogP contribution in [0.15, 0.2) is 28.8 Å². The van der Waals surface area contributed by atoms with Gasteiger partial charge in [0.05, 0.1) is 17.2 Å². The Hall–Kier alpha value is -1.44. The van der Waals surface area contributed by atoms with Crippen LogP contribution in [0.4, 0.5) is 0 Å². The van der Waals surface area contributed by atoms with Crippen molar-refractivity contribution in [3.63, 3.8) is 0 Å². The smallest absolute Gasteiger partial charge is 0.231 e. The maximum absolute atomic E-state index is 11.7. The van der Waals surface area contributed by atoms with E-state index in [2.05, 4.69) is 10.1 Å². The molecule has 0 bridgehead atoms. The Morgan fingerprint density at radius 1 is 1.36 bits per heavy atom. The van der Waals surface area contributed by atoms with Crippen molar-refractivity contribution in [3.8, 4) is 11.4 Å². The van der Waals surface area contributed by atoms with E-state index in [0.29, 0.717) is 35.4 Å². The molecule has 118 valence electrons. The third-order valence-corrected chi connectivity index (χ3v) is 5.36. The van der Waals surface area contributed by atoms with Gasteiger partial charge >= 0.3 is 0 Å². The van der Waals surface area contributed by atoms with Crippen molar-refractivity contribution in [2.24, 2.45) is 0 Å². The zero-order chi connectivity index (χ0) is 15.7. The van der Waals surface area contributed by atoms with Crippen molar-refractivity contribution >= 4 is 21.6 Å². The van der Waals surface area contributed by atoms with Crippen LogP contribution in [0.25, 0.3) is 11.4 Å². The highest BCUT2D eigenvalue weighted by Crippen LogP contribution is 2.30. The number of nitrogens with zero attached hydrogens (tertiary/aromatic N) is 3. The standard InChI is InChI=1S/C14H16ClN3O3S/c1-22(19,20)18-8-4-5-10(9-18)14-16-13(17-21-14)11-6-2-3-7-12(11)15/h2-3,6-7,10H,4-5,8-9H2,1H3/t10-/m1/s1. The first-order valence-electron chi connectivity index (χ1n) is 6.99. The Morgan fingerprint density at radius 2 is 2.14 bits per heavy atom. The van der Waals surface area contributed by atoms with Crippen molar-refractivity contribution in [3.05, 3.63) is 35.2 Å². The minimum Gasteiger partial charge on any atom is -0.339 e. The minimum absolute atomic E-state index is 0.0767. The lowest BCUT2D eigenvalue weighted by Gasteiger charge is -2.28. The highest BCUT2D eigenvalue weighted by atomic mass is 35.5. The first-order chi connectivity index (χ1) is 10.4. The van der Waals surface area contributed by atoms with Gasteiger partial charge in [-0.15, -0.1) is 0 Å². The third-order valence-electron chi connectivity index (χ3n) is 3.76. The summed E-state index contributed by atoms with van der Waals surface area (Å²) < 4.78 is 30.1. The summed E-state index contributed by atoms with van der Waals surface area (Å²) in [5.41, 5.74) is 0.704. The van der Waals surface area contributed by atoms with Crippen LogP contribution in [-0.2, 0) is 10.0 Å². The van der Waals surface area contributed by atoms with Gasteiger partial charge in [0.2, 0.25) is 21.7 Å². The monoisotopic (exact) mass is 341 g/mol. The molecular weight excluding hydrogens is 326 g/mol. The number of halogens is 1. The number of aromatic nitrogens is 2. The molecule has 8 heteroatoms. The maximum atomic E-state index is 11.7. The van der Waals surface area contributed by atoms with Crippen molar-refractivity contribution in [2.45, 2.75) is 18.8 Å². The number of rotatable bonds is 3. The number of hydrogen-bond donors (Lipinski definition) is 0. The van der Waals surface area contributed by atoms with Gasteiger partial charge in [-0.1, -0.05) is 28.9 Å². The zero-order valence-electron chi connectivity index (χ0n) is 12.1. The quantitative estimate of drug-likeness (QED) is 0.857. The molecule has 1 fully saturated rings. The maximum Gasteiger partial charge on any atom is 0.231 e. The number of hydrogen-bond acceptors (Lipinski definition) is 5. The van der Waals surface area contributed by atoms with E-state index in [1.807, 2.05) is 18.2 Å². The summed E-state index contributed by atoms with van der Waals surface area (Å²) in [6, 6.07) is 7.26. The second-order valence-electron chi connectivity index (χ2n) is 5.40. The SMILES string of the molecule is CS(=O)(=O)N1CCC[C@@H](c2nc(-c3ccccc3Cl)no2)C1. The Morgan fingerprint density at radius 3 is 2.86 bits per heavy atom. The van der Waals surface area contributed by atoms with Gasteiger partial charge in [0, 0.05) is 18.7 Å². The molecule has 3 rings (SSSR count). The van der Waals surface area contributed by atoms with Crippen LogP contribution in [0.1, 0.15) is 24.7 Å². The van der Waals surface area contributed by atoms with Crippen molar-refractivity contribution in [1.82, 2.24) is 14.4 Å². The molecule has 1 aliphatic rings. The zero-order valence-corrected chi connectivity index (χ0v) is 13.6. The number of piperidine rings is 1. The fraction of sp³-hybridized carbons (Fsp3) is 0.429. The Balaban J connectivity index is 1.84. The summed E-state index contributed by atoms with van der Waals surface area (Å²) in [6.07, 6.45) is 2.83. The van der Waals surface area contributed by atoms with Gasteiger partial charge in [-0.25, -0.2) is 12.7 Å². The van der Waals surface area contributed by atoms with Gasteiger partial charge < -0.3 is 4.52 Å². The normalized spacial score (nSPS) is 20.2. The molecule has 2 heterocycles. The summed E-state index contributed by atoms with van der Waals surface area (Å²) in [5, 5.41) is 4.52. The molecule has 0 amide bonds. The minimum atomic E-state index is -3.20. The molecule has 1 atom stereocenters. The summed E-state index contributed by atoms with van der Waals surface area (Å²) in [5.74, 6) is 0.813. The van der Waals surface area contributed by atoms with E-state index in [1.165, 1.54) is 10.6 Å². The molecule has 0 unspecified atom stereocenters. The van der Waals surface area contributed by atoms with E-state index in [0.717, 1.165) is 12.8 Å². The number of benzene rings is 1. The summed E-state index contributed by atoms with van der Waals surface area (Å²) >= 11 is 6.13. The lowest BCUT2D eigenvalue weighted by atomic mass is 10.00. The van der Waals surface area contributed by atoms with Crippen LogP contribution < -0.4 is 0 Å². The van der Waals surface area contributed by atoms with Crippen LogP contribution in [0, 0.1) is 0 Å². The molecule has 0 saturated carbocycles. The molecule has 1 aliphatic heterocycles. The van der Waals surface area contributed by atoms with E-state index in [1.54, 1.807) is 6.07 Å². The van der Waals surface area contributed by atoms with E-state index in [4.69, 9.17) is 16.1 Å². The molecular formula is C14H16ClN3O3S. The van der Waals surface area contributed by atoms with E-state index in [9.17, 15) is 8.42 Å². The molecule has 0 N–H and O–H groups in total. The predicted molar refractivity (Wildman–Crippen MR) is 83.1 cm³/mol. The molecule has 1 saturated heterocycles. The summed E-state index contributed by atoms with van der Waals surface area (Å²) in [6.45, 7) is 0.920. The molecule has 0 spiro atoms. The lowest BCUT2D eigenvalue weighted by Crippen LogP contribution is -2.38. The van der Waals surface area contributed by atoms with Crippen LogP contribution in [0.2, 0.25) is 5.02 Å². The van der Waals surface area contributed by atoms with Gasteiger partial charge in [0.25, 0.3) is 0 Å². The average molecular weight is 342 g/mol. The Labute approximate surface area is 134 Å². The van der Waals surface area contributed by atoms with Crippen LogP contribution >= 0.6 is 11.6 Å². The van der Waals surface area contributed by atoms with Gasteiger partial charge in [0.15, 0.2) is 0 Å². The van der Waals surface area contributed by atoms with Crippen LogP contribution in [-0.4, -0.2) is 42.2 Å². The molecule has 1 aromatic heterocycles. The molecule has 0 radical (unpaired) electrons. The van der Waals surface area contributed by atoms with Crippen molar-refractivity contribution in [2.75, 3.05) is 19.3 Å². The Kier molecular flexibility index (Phi) is 4.20. The van der Waals surface area contributed by atoms with E-state index in [-0.39, 0.29) is 5.92 Å². The first-order valence-corrected chi connectivity index (χ1v) is 9.21. The molecule has 0 aliphatic carbocycles. The highest BCUT2D eigenvalue weighted by molar-refractivity contribution is 7.88. The molecule has 22 heavy (non-hydrogen) atoms. The van der Waals surface area contributed by atoms with E-state index < -0.39 is 10.0 Å². The molecule has 6 nitrogen and oxygen atoms in total. The lowest BCUT2D eigenvalue weighted by molar-refractivity contribution is 0.266. The summed E-state index contributed by atoms with van der Waals surface area (Å²) in [4.78, 5) is 4.40. The predicted octanol–water partition coefficient (Wildman–Crippen LogP) is 2.53.